The van der Waals surface area contributed by atoms with Crippen LogP contribution >= 0.6 is 0 Å². The van der Waals surface area contributed by atoms with Gasteiger partial charge in [0.1, 0.15) is 11.3 Å². The zero-order valence-electron chi connectivity index (χ0n) is 7.98. The van der Waals surface area contributed by atoms with Crippen LogP contribution in [0.25, 0.3) is 11.2 Å². The number of carbonyl (C=O) groups excluding carboxylic acids is 1. The van der Waals surface area contributed by atoms with Gasteiger partial charge in [0, 0.05) is 14.0 Å². The maximum absolute atomic E-state index is 10.8. The summed E-state index contributed by atoms with van der Waals surface area (Å²) < 4.78 is 1.81. The zero-order valence-corrected chi connectivity index (χ0v) is 7.98. The smallest absolute Gasteiger partial charge is 0.222 e. The van der Waals surface area contributed by atoms with Crippen LogP contribution in [0.2, 0.25) is 0 Å². The Labute approximate surface area is 80.8 Å². The van der Waals surface area contributed by atoms with Gasteiger partial charge < -0.3 is 9.88 Å². The van der Waals surface area contributed by atoms with Crippen LogP contribution in [0.15, 0.2) is 18.5 Å². The highest BCUT2D eigenvalue weighted by molar-refractivity contribution is 5.88. The first-order valence-electron chi connectivity index (χ1n) is 4.22. The normalized spacial score (nSPS) is 10.4. The van der Waals surface area contributed by atoms with Crippen molar-refractivity contribution in [1.29, 1.82) is 0 Å². The topological polar surface area (TPSA) is 59.8 Å². The number of carbonyl (C=O) groups is 1. The van der Waals surface area contributed by atoms with Crippen molar-refractivity contribution in [3.05, 3.63) is 18.5 Å². The number of nitrogens with zero attached hydrogens (tertiary/aromatic N) is 3. The van der Waals surface area contributed by atoms with E-state index < -0.39 is 0 Å². The van der Waals surface area contributed by atoms with E-state index in [2.05, 4.69) is 15.3 Å². The van der Waals surface area contributed by atoms with E-state index in [9.17, 15) is 4.79 Å². The molecule has 0 unspecified atom stereocenters. The van der Waals surface area contributed by atoms with Crippen LogP contribution in [0.1, 0.15) is 6.92 Å². The van der Waals surface area contributed by atoms with Gasteiger partial charge in [0.2, 0.25) is 5.91 Å². The molecule has 0 fully saturated rings. The molecule has 0 bridgehead atoms. The molecule has 1 amide bonds. The van der Waals surface area contributed by atoms with Crippen LogP contribution in [-0.4, -0.2) is 20.4 Å². The van der Waals surface area contributed by atoms with Crippen LogP contribution in [0.5, 0.6) is 0 Å². The fraction of sp³-hybridized carbons (Fsp3) is 0.222. The highest BCUT2D eigenvalue weighted by atomic mass is 16.1. The van der Waals surface area contributed by atoms with Crippen LogP contribution in [-0.2, 0) is 11.8 Å². The monoisotopic (exact) mass is 190 g/mol. The summed E-state index contributed by atoms with van der Waals surface area (Å²) in [6, 6.07) is 3.56. The number of nitrogens with one attached hydrogen (secondary N) is 1. The standard InChI is InChI=1S/C9H10N4O/c1-6(14)11-8-4-3-7-9(12-8)13(2)5-10-7/h3-5H,1-2H3,(H,11,12,14). The minimum atomic E-state index is -0.126. The van der Waals surface area contributed by atoms with E-state index in [0.29, 0.717) is 5.82 Å². The number of aromatic nitrogens is 3. The second-order valence-electron chi connectivity index (χ2n) is 3.08. The Hall–Kier alpha value is -1.91. The largest absolute Gasteiger partial charge is 0.318 e. The van der Waals surface area contributed by atoms with Gasteiger partial charge in [-0.15, -0.1) is 0 Å². The molecule has 0 aliphatic rings. The van der Waals surface area contributed by atoms with Crippen molar-refractivity contribution in [3.63, 3.8) is 0 Å². The Balaban J connectivity index is 2.49. The number of pyridine rings is 1. The fourth-order valence-corrected chi connectivity index (χ4v) is 1.25. The number of hydrogen-bond acceptors (Lipinski definition) is 3. The highest BCUT2D eigenvalue weighted by Crippen LogP contribution is 2.12. The van der Waals surface area contributed by atoms with Crippen molar-refractivity contribution < 1.29 is 4.79 Å². The van der Waals surface area contributed by atoms with E-state index in [1.54, 1.807) is 17.0 Å². The van der Waals surface area contributed by atoms with Gasteiger partial charge in [-0.3, -0.25) is 4.79 Å². The molecule has 0 saturated heterocycles. The number of imidazole rings is 1. The molecule has 5 nitrogen and oxygen atoms in total. The van der Waals surface area contributed by atoms with Gasteiger partial charge in [-0.25, -0.2) is 9.97 Å². The van der Waals surface area contributed by atoms with E-state index in [-0.39, 0.29) is 5.91 Å². The van der Waals surface area contributed by atoms with Crippen molar-refractivity contribution in [3.8, 4) is 0 Å². The molecule has 2 heterocycles. The predicted octanol–water partition coefficient (Wildman–Crippen LogP) is 0.927. The molecule has 0 saturated carbocycles. The van der Waals surface area contributed by atoms with E-state index in [1.165, 1.54) is 6.92 Å². The minimum Gasteiger partial charge on any atom is -0.318 e. The molecule has 0 aliphatic carbocycles. The van der Waals surface area contributed by atoms with Gasteiger partial charge in [-0.2, -0.15) is 0 Å². The van der Waals surface area contributed by atoms with Crippen molar-refractivity contribution in [2.24, 2.45) is 7.05 Å². The van der Waals surface area contributed by atoms with Gasteiger partial charge in [-0.05, 0) is 12.1 Å². The molecular weight excluding hydrogens is 180 g/mol. The lowest BCUT2D eigenvalue weighted by Crippen LogP contribution is -2.07. The fourth-order valence-electron chi connectivity index (χ4n) is 1.25. The molecule has 0 spiro atoms. The van der Waals surface area contributed by atoms with Crippen LogP contribution in [0, 0.1) is 0 Å². The maximum Gasteiger partial charge on any atom is 0.222 e. The first kappa shape index (κ1) is 8.68. The van der Waals surface area contributed by atoms with Crippen molar-refractivity contribution in [2.45, 2.75) is 6.92 Å². The Morgan fingerprint density at radius 2 is 2.29 bits per heavy atom. The molecule has 2 rings (SSSR count). The second-order valence-corrected chi connectivity index (χ2v) is 3.08. The lowest BCUT2D eigenvalue weighted by atomic mass is 10.4. The quantitative estimate of drug-likeness (QED) is 0.727. The van der Waals surface area contributed by atoms with Crippen LogP contribution in [0.4, 0.5) is 5.82 Å². The average molecular weight is 190 g/mol. The number of amides is 1. The number of fused-ring (bicyclic) bond motifs is 1. The van der Waals surface area contributed by atoms with E-state index in [1.807, 2.05) is 13.1 Å². The van der Waals surface area contributed by atoms with E-state index in [0.717, 1.165) is 11.2 Å². The molecule has 0 aliphatic heterocycles. The molecule has 0 radical (unpaired) electrons. The summed E-state index contributed by atoms with van der Waals surface area (Å²) in [6.07, 6.45) is 1.69. The summed E-state index contributed by atoms with van der Waals surface area (Å²) >= 11 is 0. The SMILES string of the molecule is CC(=O)Nc1ccc2ncn(C)c2n1. The number of aryl methyl sites for hydroxylation is 1. The second kappa shape index (κ2) is 3.10. The molecule has 1 N–H and O–H groups in total. The summed E-state index contributed by atoms with van der Waals surface area (Å²) in [5.41, 5.74) is 1.58. The number of rotatable bonds is 1. The lowest BCUT2D eigenvalue weighted by molar-refractivity contribution is -0.114. The lowest BCUT2D eigenvalue weighted by Gasteiger charge is -2.00. The third-order valence-corrected chi connectivity index (χ3v) is 1.86. The number of anilines is 1. The molecule has 0 aromatic carbocycles. The molecule has 72 valence electrons. The van der Waals surface area contributed by atoms with Gasteiger partial charge >= 0.3 is 0 Å². The summed E-state index contributed by atoms with van der Waals surface area (Å²) in [7, 11) is 1.86. The Morgan fingerprint density at radius 3 is 3.00 bits per heavy atom. The third kappa shape index (κ3) is 1.44. The van der Waals surface area contributed by atoms with Crippen molar-refractivity contribution in [1.82, 2.24) is 14.5 Å². The van der Waals surface area contributed by atoms with E-state index in [4.69, 9.17) is 0 Å². The first-order chi connectivity index (χ1) is 6.66. The van der Waals surface area contributed by atoms with Gasteiger partial charge in [-0.1, -0.05) is 0 Å². The Bertz CT molecular complexity index is 489. The molecule has 5 heteroatoms. The third-order valence-electron chi connectivity index (χ3n) is 1.86. The molecule has 2 aromatic heterocycles. The maximum atomic E-state index is 10.8. The Kier molecular flexibility index (Phi) is 1.92. The molecule has 0 atom stereocenters. The molecule has 2 aromatic rings. The van der Waals surface area contributed by atoms with Gasteiger partial charge in [0.05, 0.1) is 6.33 Å². The van der Waals surface area contributed by atoms with Gasteiger partial charge in [0.15, 0.2) is 5.65 Å². The average Bonchev–Trinajstić information content (AvgIpc) is 2.47. The number of hydrogen-bond donors (Lipinski definition) is 1. The van der Waals surface area contributed by atoms with Crippen LogP contribution < -0.4 is 5.32 Å². The van der Waals surface area contributed by atoms with Crippen LogP contribution in [0.3, 0.4) is 0 Å². The van der Waals surface area contributed by atoms with Crippen molar-refractivity contribution >= 4 is 22.9 Å². The predicted molar refractivity (Wildman–Crippen MR) is 52.8 cm³/mol. The Morgan fingerprint density at radius 1 is 1.50 bits per heavy atom. The molecular formula is C9H10N4O. The summed E-state index contributed by atoms with van der Waals surface area (Å²) in [4.78, 5) is 19.2. The summed E-state index contributed by atoms with van der Waals surface area (Å²) in [5.74, 6) is 0.424. The highest BCUT2D eigenvalue weighted by Gasteiger charge is 2.03. The molecule has 14 heavy (non-hydrogen) atoms. The zero-order chi connectivity index (χ0) is 10.1. The minimum absolute atomic E-state index is 0.126. The summed E-state index contributed by atoms with van der Waals surface area (Å²) in [6.45, 7) is 1.45. The van der Waals surface area contributed by atoms with Gasteiger partial charge in [0.25, 0.3) is 0 Å². The van der Waals surface area contributed by atoms with Crippen molar-refractivity contribution in [2.75, 3.05) is 5.32 Å². The van der Waals surface area contributed by atoms with E-state index >= 15 is 0 Å². The first-order valence-corrected chi connectivity index (χ1v) is 4.22. The summed E-state index contributed by atoms with van der Waals surface area (Å²) in [5, 5.41) is 2.62.